The molecule has 39 heavy (non-hydrogen) atoms. The van der Waals surface area contributed by atoms with Gasteiger partial charge in [0.25, 0.3) is 0 Å². The first-order valence-corrected chi connectivity index (χ1v) is 14.1. The van der Waals surface area contributed by atoms with Gasteiger partial charge in [0.1, 0.15) is 6.61 Å². The van der Waals surface area contributed by atoms with E-state index in [9.17, 15) is 9.59 Å². The second-order valence-electron chi connectivity index (χ2n) is 9.52. The summed E-state index contributed by atoms with van der Waals surface area (Å²) in [6.07, 6.45) is 0. The maximum absolute atomic E-state index is 13.8. The predicted molar refractivity (Wildman–Crippen MR) is 159 cm³/mol. The molecule has 0 fully saturated rings. The number of ether oxygens (including phenoxy) is 3. The predicted octanol–water partition coefficient (Wildman–Crippen LogP) is 6.71. The molecule has 5 rings (SSSR count). The highest BCUT2D eigenvalue weighted by Crippen LogP contribution is 2.48. The van der Waals surface area contributed by atoms with Gasteiger partial charge in [0, 0.05) is 28.3 Å². The maximum atomic E-state index is 13.8. The van der Waals surface area contributed by atoms with Gasteiger partial charge >= 0.3 is 5.97 Å². The minimum absolute atomic E-state index is 0.0971. The number of hydrogen-bond donors (Lipinski definition) is 1. The van der Waals surface area contributed by atoms with Crippen molar-refractivity contribution in [3.63, 3.8) is 0 Å². The van der Waals surface area contributed by atoms with Crippen LogP contribution in [-0.4, -0.2) is 25.0 Å². The number of aryl methyl sites for hydroxylation is 1. The van der Waals surface area contributed by atoms with Crippen molar-refractivity contribution in [3.8, 4) is 11.5 Å². The molecule has 0 aromatic heterocycles. The van der Waals surface area contributed by atoms with Crippen LogP contribution in [0, 0.1) is 10.5 Å². The van der Waals surface area contributed by atoms with Crippen LogP contribution in [0.25, 0.3) is 5.70 Å². The topological polar surface area (TPSA) is 73.9 Å². The highest BCUT2D eigenvalue weighted by Gasteiger charge is 2.43. The van der Waals surface area contributed by atoms with Gasteiger partial charge in [-0.15, -0.1) is 0 Å². The molecule has 3 aromatic rings. The van der Waals surface area contributed by atoms with E-state index in [-0.39, 0.29) is 12.4 Å². The lowest BCUT2D eigenvalue weighted by Gasteiger charge is -2.30. The maximum Gasteiger partial charge on any atom is 0.336 e. The molecule has 0 spiro atoms. The van der Waals surface area contributed by atoms with Gasteiger partial charge < -0.3 is 19.5 Å². The van der Waals surface area contributed by atoms with E-state index >= 15 is 0 Å². The summed E-state index contributed by atoms with van der Waals surface area (Å²) in [6, 6.07) is 19.6. The monoisotopic (exact) mass is 635 g/mol. The number of allylic oxidation sites excluding steroid dienone is 2. The summed E-state index contributed by atoms with van der Waals surface area (Å²) < 4.78 is 18.6. The molecule has 6 nitrogen and oxygen atoms in total. The summed E-state index contributed by atoms with van der Waals surface area (Å²) in [5, 5.41) is 3.34. The number of fused-ring (bicyclic) bond motifs is 2. The zero-order chi connectivity index (χ0) is 27.7. The van der Waals surface area contributed by atoms with E-state index in [0.717, 1.165) is 31.5 Å². The summed E-state index contributed by atoms with van der Waals surface area (Å²) in [7, 11) is 0. The Balaban J connectivity index is 1.62. The van der Waals surface area contributed by atoms with Crippen molar-refractivity contribution in [1.82, 2.24) is 5.32 Å². The number of benzene rings is 3. The molecule has 0 bridgehead atoms. The Hall–Kier alpha value is -3.59. The van der Waals surface area contributed by atoms with Gasteiger partial charge in [-0.25, -0.2) is 4.79 Å². The van der Waals surface area contributed by atoms with Gasteiger partial charge in [-0.1, -0.05) is 54.1 Å². The Kier molecular flexibility index (Phi) is 7.79. The molecule has 2 aliphatic rings. The fourth-order valence-corrected chi connectivity index (χ4v) is 6.04. The lowest BCUT2D eigenvalue weighted by molar-refractivity contribution is -0.138. The van der Waals surface area contributed by atoms with Gasteiger partial charge in [0.05, 0.1) is 28.1 Å². The summed E-state index contributed by atoms with van der Waals surface area (Å²) >= 11 is 2.23. The zero-order valence-electron chi connectivity index (χ0n) is 22.4. The number of ketones is 1. The molecular weight excluding hydrogens is 605 g/mol. The van der Waals surface area contributed by atoms with Crippen LogP contribution in [0.15, 0.2) is 77.5 Å². The largest absolute Gasteiger partial charge is 0.490 e. The van der Waals surface area contributed by atoms with Crippen molar-refractivity contribution >= 4 is 40.0 Å². The molecule has 1 heterocycles. The van der Waals surface area contributed by atoms with Crippen molar-refractivity contribution in [2.75, 3.05) is 13.2 Å². The van der Waals surface area contributed by atoms with E-state index in [1.165, 1.54) is 0 Å². The molecule has 3 aromatic carbocycles. The third-order valence-electron chi connectivity index (χ3n) is 6.87. The van der Waals surface area contributed by atoms with Gasteiger partial charge in [-0.2, -0.15) is 0 Å². The smallest absolute Gasteiger partial charge is 0.336 e. The fourth-order valence-electron chi connectivity index (χ4n) is 5.26. The van der Waals surface area contributed by atoms with E-state index in [2.05, 4.69) is 47.0 Å². The summed E-state index contributed by atoms with van der Waals surface area (Å²) in [6.45, 7) is 8.65. The first kappa shape index (κ1) is 27.0. The summed E-state index contributed by atoms with van der Waals surface area (Å²) in [5.41, 5.74) is 6.80. The number of rotatable bonds is 8. The van der Waals surface area contributed by atoms with Crippen molar-refractivity contribution in [1.29, 1.82) is 0 Å². The zero-order valence-corrected chi connectivity index (χ0v) is 24.5. The number of carbonyl (C=O) groups is 2. The standard InChI is InChI=1S/C32H30INO5/c1-5-37-25-16-21(15-24(33)31(25)39-17-20-11-9-10-18(3)14-20)27-26(32(36)38-6-2)19(4)34-29-22-12-7-8-13-23(22)30(35)28(27)29/h7-16,27,34H,5-6,17H2,1-4H3/t27-/m1/s1. The molecule has 0 saturated carbocycles. The van der Waals surface area contributed by atoms with E-state index in [1.54, 1.807) is 6.92 Å². The van der Waals surface area contributed by atoms with E-state index in [1.807, 2.05) is 62.4 Å². The number of esters is 1. The average molecular weight is 635 g/mol. The molecule has 1 aliphatic heterocycles. The lowest BCUT2D eigenvalue weighted by atomic mass is 9.79. The molecular formula is C32H30INO5. The second-order valence-corrected chi connectivity index (χ2v) is 10.7. The highest BCUT2D eigenvalue weighted by molar-refractivity contribution is 14.1. The third-order valence-corrected chi connectivity index (χ3v) is 7.68. The van der Waals surface area contributed by atoms with Gasteiger partial charge in [0.2, 0.25) is 0 Å². The Morgan fingerprint density at radius 1 is 0.949 bits per heavy atom. The molecule has 200 valence electrons. The number of hydrogen-bond acceptors (Lipinski definition) is 6. The van der Waals surface area contributed by atoms with Crippen molar-refractivity contribution in [2.45, 2.75) is 40.2 Å². The Morgan fingerprint density at radius 2 is 1.72 bits per heavy atom. The quantitative estimate of drug-likeness (QED) is 0.219. The van der Waals surface area contributed by atoms with Crippen LogP contribution in [0.5, 0.6) is 11.5 Å². The van der Waals surface area contributed by atoms with Gasteiger partial charge in [-0.05, 0) is 73.5 Å². The third kappa shape index (κ3) is 5.07. The first-order valence-electron chi connectivity index (χ1n) is 13.0. The molecule has 1 atom stereocenters. The number of nitrogens with one attached hydrogen (secondary N) is 1. The minimum atomic E-state index is -0.626. The SMILES string of the molecule is CCOC(=O)C1=C(C)NC2=C(C(=O)c3ccccc32)[C@@H]1c1cc(I)c(OCc2cccc(C)c2)c(OCC)c1. The fraction of sp³-hybridized carbons (Fsp3) is 0.250. The lowest BCUT2D eigenvalue weighted by Crippen LogP contribution is -2.29. The van der Waals surface area contributed by atoms with Crippen molar-refractivity contribution in [2.24, 2.45) is 0 Å². The molecule has 0 radical (unpaired) electrons. The number of halogens is 1. The molecule has 0 saturated heterocycles. The number of Topliss-reactive ketones (excluding diaryl/α,β-unsaturated/α-hetero) is 1. The molecule has 1 aliphatic carbocycles. The normalized spacial score (nSPS) is 16.0. The molecule has 7 heteroatoms. The van der Waals surface area contributed by atoms with Crippen LogP contribution in [0.2, 0.25) is 0 Å². The van der Waals surface area contributed by atoms with Crippen molar-refractivity contribution < 1.29 is 23.8 Å². The van der Waals surface area contributed by atoms with Crippen LogP contribution in [0.1, 0.15) is 59.3 Å². The Morgan fingerprint density at radius 3 is 2.44 bits per heavy atom. The van der Waals surface area contributed by atoms with Crippen LogP contribution >= 0.6 is 22.6 Å². The average Bonchev–Trinajstić information content (AvgIpc) is 3.19. The Labute approximate surface area is 242 Å². The summed E-state index contributed by atoms with van der Waals surface area (Å²) in [5.74, 6) is 0.0243. The van der Waals surface area contributed by atoms with Crippen LogP contribution in [0.4, 0.5) is 0 Å². The van der Waals surface area contributed by atoms with Gasteiger partial charge in [0.15, 0.2) is 17.3 Å². The van der Waals surface area contributed by atoms with Crippen LogP contribution < -0.4 is 14.8 Å². The Bertz CT molecular complexity index is 1540. The minimum Gasteiger partial charge on any atom is -0.490 e. The summed E-state index contributed by atoms with van der Waals surface area (Å²) in [4.78, 5) is 27.1. The second kappa shape index (κ2) is 11.3. The molecule has 0 unspecified atom stereocenters. The molecule has 0 amide bonds. The van der Waals surface area contributed by atoms with E-state index in [4.69, 9.17) is 14.2 Å². The molecule has 1 N–H and O–H groups in total. The van der Waals surface area contributed by atoms with E-state index in [0.29, 0.717) is 47.1 Å². The van der Waals surface area contributed by atoms with E-state index < -0.39 is 11.9 Å². The van der Waals surface area contributed by atoms with Crippen LogP contribution in [-0.2, 0) is 16.1 Å². The number of dihydropyridines is 1. The highest BCUT2D eigenvalue weighted by atomic mass is 127. The van der Waals surface area contributed by atoms with Crippen molar-refractivity contribution in [3.05, 3.63) is 109 Å². The number of carbonyl (C=O) groups excluding carboxylic acids is 2. The van der Waals surface area contributed by atoms with Gasteiger partial charge in [-0.3, -0.25) is 4.79 Å². The van der Waals surface area contributed by atoms with Crippen LogP contribution in [0.3, 0.4) is 0 Å². The first-order chi connectivity index (χ1) is 18.8.